The van der Waals surface area contributed by atoms with Gasteiger partial charge in [0, 0.05) is 19.6 Å². The normalized spacial score (nSPS) is 24.0. The summed E-state index contributed by atoms with van der Waals surface area (Å²) in [6.07, 6.45) is 2.12. The van der Waals surface area contributed by atoms with E-state index in [4.69, 9.17) is 4.74 Å². The number of nitrogens with one attached hydrogen (secondary N) is 1. The number of carbonyl (C=O) groups excluding carboxylic acids is 2. The number of benzene rings is 1. The molecule has 2 fully saturated rings. The van der Waals surface area contributed by atoms with Gasteiger partial charge >= 0.3 is 0 Å². The molecule has 124 valence electrons. The number of hydrogen-bond acceptors (Lipinski definition) is 3. The van der Waals surface area contributed by atoms with Crippen molar-refractivity contribution in [1.29, 1.82) is 0 Å². The molecule has 0 saturated carbocycles. The number of ether oxygens (including phenoxy) is 1. The summed E-state index contributed by atoms with van der Waals surface area (Å²) < 4.78 is 32.6. The predicted molar refractivity (Wildman–Crippen MR) is 78.1 cm³/mol. The summed E-state index contributed by atoms with van der Waals surface area (Å²) in [7, 11) is 1.23. The third-order valence-electron chi connectivity index (χ3n) is 4.74. The molecule has 1 atom stereocenters. The third kappa shape index (κ3) is 2.54. The van der Waals surface area contributed by atoms with Crippen LogP contribution in [0.4, 0.5) is 8.78 Å². The van der Waals surface area contributed by atoms with Crippen molar-refractivity contribution in [3.05, 3.63) is 29.3 Å². The number of piperidine rings is 1. The second-order valence-corrected chi connectivity index (χ2v) is 6.06. The maximum Gasteiger partial charge on any atom is 0.256 e. The Balaban J connectivity index is 1.82. The van der Waals surface area contributed by atoms with Gasteiger partial charge in [-0.1, -0.05) is 0 Å². The van der Waals surface area contributed by atoms with Crippen LogP contribution in [0.15, 0.2) is 12.1 Å². The molecule has 0 aliphatic carbocycles. The summed E-state index contributed by atoms with van der Waals surface area (Å²) in [4.78, 5) is 26.1. The first-order valence-corrected chi connectivity index (χ1v) is 7.58. The van der Waals surface area contributed by atoms with Gasteiger partial charge in [0.15, 0.2) is 11.6 Å². The van der Waals surface area contributed by atoms with Crippen LogP contribution in [-0.4, -0.2) is 43.5 Å². The van der Waals surface area contributed by atoms with Crippen molar-refractivity contribution >= 4 is 11.8 Å². The van der Waals surface area contributed by atoms with Crippen LogP contribution in [0, 0.1) is 17.0 Å². The van der Waals surface area contributed by atoms with Crippen LogP contribution in [0.5, 0.6) is 5.75 Å². The molecular weight excluding hydrogens is 306 g/mol. The van der Waals surface area contributed by atoms with E-state index in [1.807, 2.05) is 0 Å². The van der Waals surface area contributed by atoms with E-state index in [0.717, 1.165) is 6.42 Å². The highest BCUT2D eigenvalue weighted by Gasteiger charge is 2.47. The van der Waals surface area contributed by atoms with Crippen molar-refractivity contribution in [2.24, 2.45) is 5.41 Å². The van der Waals surface area contributed by atoms with Crippen molar-refractivity contribution in [1.82, 2.24) is 10.2 Å². The summed E-state index contributed by atoms with van der Waals surface area (Å²) >= 11 is 0. The Morgan fingerprint density at radius 1 is 1.30 bits per heavy atom. The number of nitrogens with zero attached hydrogens (tertiary/aromatic N) is 1. The van der Waals surface area contributed by atoms with E-state index in [1.165, 1.54) is 24.1 Å². The molecule has 1 aromatic carbocycles. The Morgan fingerprint density at radius 3 is 2.78 bits per heavy atom. The van der Waals surface area contributed by atoms with E-state index in [9.17, 15) is 18.4 Å². The first-order chi connectivity index (χ1) is 11.0. The molecule has 1 spiro atoms. The highest BCUT2D eigenvalue weighted by atomic mass is 19.2. The van der Waals surface area contributed by atoms with Crippen molar-refractivity contribution in [2.45, 2.75) is 19.3 Å². The van der Waals surface area contributed by atoms with Gasteiger partial charge in [0.1, 0.15) is 0 Å². The van der Waals surface area contributed by atoms with Crippen LogP contribution in [-0.2, 0) is 4.79 Å². The largest absolute Gasteiger partial charge is 0.494 e. The molecule has 1 N–H and O–H groups in total. The topological polar surface area (TPSA) is 58.6 Å². The van der Waals surface area contributed by atoms with Gasteiger partial charge in [-0.3, -0.25) is 9.59 Å². The molecule has 23 heavy (non-hydrogen) atoms. The molecule has 3 rings (SSSR count). The van der Waals surface area contributed by atoms with Crippen molar-refractivity contribution in [2.75, 3.05) is 26.7 Å². The summed E-state index contributed by atoms with van der Waals surface area (Å²) in [6.45, 7) is 1.25. The summed E-state index contributed by atoms with van der Waals surface area (Å²) in [5.41, 5.74) is -0.924. The number of amides is 2. The zero-order valence-corrected chi connectivity index (χ0v) is 12.8. The lowest BCUT2D eigenvalue weighted by Crippen LogP contribution is -2.47. The van der Waals surface area contributed by atoms with Gasteiger partial charge in [-0.05, 0) is 31.4 Å². The first kappa shape index (κ1) is 15.7. The second-order valence-electron chi connectivity index (χ2n) is 6.06. The van der Waals surface area contributed by atoms with E-state index in [-0.39, 0.29) is 23.8 Å². The average Bonchev–Trinajstić information content (AvgIpc) is 2.98. The molecule has 2 saturated heterocycles. The minimum Gasteiger partial charge on any atom is -0.494 e. The minimum absolute atomic E-state index is 0.0552. The lowest BCUT2D eigenvalue weighted by molar-refractivity contribution is -0.132. The molecule has 0 aromatic heterocycles. The van der Waals surface area contributed by atoms with Gasteiger partial charge in [-0.2, -0.15) is 4.39 Å². The fourth-order valence-electron chi connectivity index (χ4n) is 3.39. The zero-order chi connectivity index (χ0) is 16.6. The first-order valence-electron chi connectivity index (χ1n) is 7.58. The molecule has 0 radical (unpaired) electrons. The average molecular weight is 324 g/mol. The molecule has 2 aliphatic heterocycles. The van der Waals surface area contributed by atoms with Crippen LogP contribution in [0.2, 0.25) is 0 Å². The number of likely N-dealkylation sites (tertiary alicyclic amines) is 1. The van der Waals surface area contributed by atoms with Gasteiger partial charge in [0.25, 0.3) is 5.91 Å². The molecule has 2 amide bonds. The Bertz CT molecular complexity index is 665. The monoisotopic (exact) mass is 324 g/mol. The van der Waals surface area contributed by atoms with Crippen LogP contribution in [0.3, 0.4) is 0 Å². The van der Waals surface area contributed by atoms with Crippen LogP contribution in [0.1, 0.15) is 29.6 Å². The van der Waals surface area contributed by atoms with E-state index >= 15 is 0 Å². The highest BCUT2D eigenvalue weighted by molar-refractivity contribution is 5.96. The summed E-state index contributed by atoms with van der Waals surface area (Å²) in [5.74, 6) is -3.30. The summed E-state index contributed by atoms with van der Waals surface area (Å²) in [5, 5.41) is 2.82. The third-order valence-corrected chi connectivity index (χ3v) is 4.74. The van der Waals surface area contributed by atoms with E-state index in [1.54, 1.807) is 0 Å². The molecule has 7 heteroatoms. The molecule has 2 heterocycles. The van der Waals surface area contributed by atoms with E-state index < -0.39 is 23.0 Å². The van der Waals surface area contributed by atoms with Crippen molar-refractivity contribution in [3.63, 3.8) is 0 Å². The molecule has 0 bridgehead atoms. The molecule has 1 unspecified atom stereocenters. The Morgan fingerprint density at radius 2 is 2.09 bits per heavy atom. The highest BCUT2D eigenvalue weighted by Crippen LogP contribution is 2.38. The summed E-state index contributed by atoms with van der Waals surface area (Å²) in [6, 6.07) is 2.44. The van der Waals surface area contributed by atoms with Gasteiger partial charge in [-0.15, -0.1) is 0 Å². The molecule has 1 aromatic rings. The Kier molecular flexibility index (Phi) is 3.95. The number of rotatable bonds is 2. The van der Waals surface area contributed by atoms with Gasteiger partial charge in [0.2, 0.25) is 11.7 Å². The standard InChI is InChI=1S/C16H18F2N2O3/c1-23-11-4-3-10(12(17)13(11)18)14(21)20-8-6-16(9-20)5-2-7-19-15(16)22/h3-4H,2,5-9H2,1H3,(H,19,22). The van der Waals surface area contributed by atoms with Crippen LogP contribution < -0.4 is 10.1 Å². The van der Waals surface area contributed by atoms with Crippen molar-refractivity contribution < 1.29 is 23.1 Å². The van der Waals surface area contributed by atoms with Crippen LogP contribution in [0.25, 0.3) is 0 Å². The fraction of sp³-hybridized carbons (Fsp3) is 0.500. The quantitative estimate of drug-likeness (QED) is 0.901. The predicted octanol–water partition coefficient (Wildman–Crippen LogP) is 1.72. The lowest BCUT2D eigenvalue weighted by Gasteiger charge is -2.32. The number of carbonyl (C=O) groups is 2. The van der Waals surface area contributed by atoms with Gasteiger partial charge < -0.3 is 15.0 Å². The van der Waals surface area contributed by atoms with Gasteiger partial charge in [-0.25, -0.2) is 4.39 Å². The maximum absolute atomic E-state index is 14.1. The maximum atomic E-state index is 14.1. The van der Waals surface area contributed by atoms with E-state index in [2.05, 4.69) is 5.32 Å². The van der Waals surface area contributed by atoms with Gasteiger partial charge in [0.05, 0.1) is 18.1 Å². The Labute approximate surface area is 132 Å². The number of halogens is 2. The van der Waals surface area contributed by atoms with E-state index in [0.29, 0.717) is 25.9 Å². The second kappa shape index (κ2) is 5.79. The van der Waals surface area contributed by atoms with Crippen LogP contribution >= 0.6 is 0 Å². The number of hydrogen-bond donors (Lipinski definition) is 1. The number of methoxy groups -OCH3 is 1. The molecule has 2 aliphatic rings. The zero-order valence-electron chi connectivity index (χ0n) is 12.8. The molecule has 5 nitrogen and oxygen atoms in total. The SMILES string of the molecule is COc1ccc(C(=O)N2CCC3(CCCNC3=O)C2)c(F)c1F. The minimum atomic E-state index is -1.22. The smallest absolute Gasteiger partial charge is 0.256 e. The lowest BCUT2D eigenvalue weighted by atomic mass is 9.79. The fourth-order valence-corrected chi connectivity index (χ4v) is 3.39. The Hall–Kier alpha value is -2.18. The van der Waals surface area contributed by atoms with Crippen molar-refractivity contribution in [3.8, 4) is 5.75 Å². The molecular formula is C16H18F2N2O3.